The molecule has 1 N–H and O–H groups in total. The van der Waals surface area contributed by atoms with E-state index in [2.05, 4.69) is 21.5 Å². The van der Waals surface area contributed by atoms with E-state index in [1.807, 2.05) is 26.0 Å². The summed E-state index contributed by atoms with van der Waals surface area (Å²) < 4.78 is 5.20. The zero-order valence-electron chi connectivity index (χ0n) is 15.2. The molecule has 0 fully saturated rings. The monoisotopic (exact) mass is 342 g/mol. The maximum atomic E-state index is 12.5. The van der Waals surface area contributed by atoms with Crippen molar-refractivity contribution in [1.29, 1.82) is 0 Å². The van der Waals surface area contributed by atoms with E-state index in [9.17, 15) is 4.79 Å². The van der Waals surface area contributed by atoms with Gasteiger partial charge in [0.15, 0.2) is 5.82 Å². The van der Waals surface area contributed by atoms with E-state index >= 15 is 0 Å². The summed E-state index contributed by atoms with van der Waals surface area (Å²) >= 11 is 0. The third kappa shape index (κ3) is 4.18. The summed E-state index contributed by atoms with van der Waals surface area (Å²) in [6.07, 6.45) is 5.13. The van der Waals surface area contributed by atoms with E-state index in [0.717, 1.165) is 18.5 Å². The van der Waals surface area contributed by atoms with Crippen molar-refractivity contribution < 1.29 is 9.32 Å². The lowest BCUT2D eigenvalue weighted by Crippen LogP contribution is -2.33. The van der Waals surface area contributed by atoms with Crippen LogP contribution in [0.15, 0.2) is 22.7 Å². The zero-order chi connectivity index (χ0) is 17.8. The Morgan fingerprint density at radius 2 is 2.12 bits per heavy atom. The summed E-state index contributed by atoms with van der Waals surface area (Å²) in [4.78, 5) is 18.5. The van der Waals surface area contributed by atoms with Gasteiger partial charge in [-0.15, -0.1) is 0 Å². The van der Waals surface area contributed by atoms with Crippen LogP contribution in [0, 0.1) is 0 Å². The first-order valence-corrected chi connectivity index (χ1v) is 9.00. The number of aryl methyl sites for hydroxylation is 1. The maximum absolute atomic E-state index is 12.5. The molecule has 1 aromatic heterocycles. The Kier molecular flexibility index (Phi) is 5.36. The minimum atomic E-state index is -0.105. The highest BCUT2D eigenvalue weighted by Gasteiger charge is 2.17. The minimum absolute atomic E-state index is 0.105. The van der Waals surface area contributed by atoms with Gasteiger partial charge in [0.1, 0.15) is 0 Å². The molecular weight excluding hydrogens is 316 g/mol. The number of nitrogens with zero attached hydrogens (tertiary/aromatic N) is 3. The number of hydrogen-bond acceptors (Lipinski definition) is 4. The Balaban J connectivity index is 1.57. The molecule has 2 aromatic rings. The molecule has 0 bridgehead atoms. The van der Waals surface area contributed by atoms with Gasteiger partial charge in [-0.05, 0) is 42.9 Å². The van der Waals surface area contributed by atoms with Crippen LogP contribution < -0.4 is 5.32 Å². The molecule has 2 amide bonds. The van der Waals surface area contributed by atoms with Crippen LogP contribution in [0.2, 0.25) is 0 Å². The Bertz CT molecular complexity index is 739. The van der Waals surface area contributed by atoms with Crippen molar-refractivity contribution in [3.63, 3.8) is 0 Å². The van der Waals surface area contributed by atoms with Gasteiger partial charge < -0.3 is 14.7 Å². The largest absolute Gasteiger partial charge is 0.339 e. The molecule has 3 rings (SSSR count). The molecular formula is C19H26N4O2. The molecule has 0 aliphatic heterocycles. The second-order valence-electron chi connectivity index (χ2n) is 6.96. The smallest absolute Gasteiger partial charge is 0.321 e. The van der Waals surface area contributed by atoms with Crippen LogP contribution in [-0.2, 0) is 19.3 Å². The van der Waals surface area contributed by atoms with E-state index in [-0.39, 0.29) is 11.9 Å². The average molecular weight is 342 g/mol. The Hall–Kier alpha value is -2.37. The van der Waals surface area contributed by atoms with Crippen molar-refractivity contribution in [2.75, 3.05) is 18.9 Å². The molecule has 0 atom stereocenters. The van der Waals surface area contributed by atoms with Gasteiger partial charge in [0.2, 0.25) is 5.89 Å². The normalized spacial score (nSPS) is 13.6. The molecule has 0 spiro atoms. The van der Waals surface area contributed by atoms with Crippen molar-refractivity contribution in [2.45, 2.75) is 51.9 Å². The minimum Gasteiger partial charge on any atom is -0.339 e. The first kappa shape index (κ1) is 17.5. The maximum Gasteiger partial charge on any atom is 0.321 e. The van der Waals surface area contributed by atoms with Gasteiger partial charge in [0.25, 0.3) is 0 Å². The molecule has 6 heteroatoms. The first-order chi connectivity index (χ1) is 12.0. The number of nitrogens with one attached hydrogen (secondary N) is 1. The molecule has 25 heavy (non-hydrogen) atoms. The Labute approximate surface area is 148 Å². The van der Waals surface area contributed by atoms with Crippen molar-refractivity contribution in [2.24, 2.45) is 0 Å². The van der Waals surface area contributed by atoms with Crippen LogP contribution in [0.25, 0.3) is 0 Å². The number of carbonyl (C=O) groups is 1. The molecule has 1 aromatic carbocycles. The van der Waals surface area contributed by atoms with Gasteiger partial charge in [-0.2, -0.15) is 4.98 Å². The van der Waals surface area contributed by atoms with Crippen molar-refractivity contribution in [3.05, 3.63) is 41.0 Å². The van der Waals surface area contributed by atoms with Crippen LogP contribution in [0.1, 0.15) is 55.4 Å². The topological polar surface area (TPSA) is 71.3 Å². The second kappa shape index (κ2) is 7.68. The molecule has 6 nitrogen and oxygen atoms in total. The van der Waals surface area contributed by atoms with Crippen molar-refractivity contribution in [3.8, 4) is 0 Å². The Morgan fingerprint density at radius 1 is 1.32 bits per heavy atom. The summed E-state index contributed by atoms with van der Waals surface area (Å²) in [6, 6.07) is 6.07. The van der Waals surface area contributed by atoms with E-state index in [4.69, 9.17) is 4.52 Å². The highest BCUT2D eigenvalue weighted by Crippen LogP contribution is 2.28. The van der Waals surface area contributed by atoms with Gasteiger partial charge >= 0.3 is 6.03 Å². The van der Waals surface area contributed by atoms with Gasteiger partial charge in [-0.25, -0.2) is 4.79 Å². The molecule has 1 aliphatic carbocycles. The number of fused-ring (bicyclic) bond motifs is 1. The quantitative estimate of drug-likeness (QED) is 0.897. The third-order valence-electron chi connectivity index (χ3n) is 4.63. The number of rotatable bonds is 5. The number of aromatic nitrogens is 2. The van der Waals surface area contributed by atoms with Gasteiger partial charge in [-0.3, -0.25) is 0 Å². The molecule has 0 saturated heterocycles. The summed E-state index contributed by atoms with van der Waals surface area (Å²) in [5.74, 6) is 1.49. The van der Waals surface area contributed by atoms with Gasteiger partial charge in [0.05, 0.1) is 0 Å². The van der Waals surface area contributed by atoms with Crippen LogP contribution in [0.4, 0.5) is 10.5 Å². The summed E-state index contributed by atoms with van der Waals surface area (Å²) in [7, 11) is 1.79. The van der Waals surface area contributed by atoms with Crippen LogP contribution in [0.3, 0.4) is 0 Å². The number of likely N-dealkylation sites (N-methyl/N-ethyl adjacent to an activating group) is 1. The number of amides is 2. The number of anilines is 1. The number of urea groups is 1. The lowest BCUT2D eigenvalue weighted by Gasteiger charge is -2.22. The average Bonchev–Trinajstić information content (AvgIpc) is 3.09. The number of hydrogen-bond donors (Lipinski definition) is 1. The zero-order valence-corrected chi connectivity index (χ0v) is 15.2. The predicted octanol–water partition coefficient (Wildman–Crippen LogP) is 3.78. The first-order valence-electron chi connectivity index (χ1n) is 9.00. The standard InChI is InChI=1S/C19H26N4O2/c1-13(2)18-21-17(22-25-18)11-12-23(3)19(24)20-16-10-6-8-14-7-4-5-9-15(14)16/h6,8,10,13H,4-5,7,9,11-12H2,1-3H3,(H,20,24). The molecule has 0 radical (unpaired) electrons. The van der Waals surface area contributed by atoms with E-state index in [0.29, 0.717) is 24.7 Å². The predicted molar refractivity (Wildman–Crippen MR) is 96.8 cm³/mol. The third-order valence-corrected chi connectivity index (χ3v) is 4.63. The molecule has 1 heterocycles. The lowest BCUT2D eigenvalue weighted by molar-refractivity contribution is 0.222. The van der Waals surface area contributed by atoms with E-state index in [1.54, 1.807) is 11.9 Å². The van der Waals surface area contributed by atoms with Crippen molar-refractivity contribution >= 4 is 11.7 Å². The van der Waals surface area contributed by atoms with Crippen LogP contribution >= 0.6 is 0 Å². The van der Waals surface area contributed by atoms with Gasteiger partial charge in [0, 0.05) is 31.6 Å². The molecule has 0 unspecified atom stereocenters. The Morgan fingerprint density at radius 3 is 2.88 bits per heavy atom. The SMILES string of the molecule is CC(C)c1nc(CCN(C)C(=O)Nc2cccc3c2CCCC3)no1. The summed E-state index contributed by atoms with van der Waals surface area (Å²) in [5, 5.41) is 7.02. The fraction of sp³-hybridized carbons (Fsp3) is 0.526. The van der Waals surface area contributed by atoms with E-state index < -0.39 is 0 Å². The molecule has 0 saturated carbocycles. The summed E-state index contributed by atoms with van der Waals surface area (Å²) in [5.41, 5.74) is 3.59. The second-order valence-corrected chi connectivity index (χ2v) is 6.96. The molecule has 134 valence electrons. The fourth-order valence-corrected chi connectivity index (χ4v) is 3.08. The number of benzene rings is 1. The highest BCUT2D eigenvalue weighted by molar-refractivity contribution is 5.90. The van der Waals surface area contributed by atoms with Crippen molar-refractivity contribution in [1.82, 2.24) is 15.0 Å². The molecule has 1 aliphatic rings. The van der Waals surface area contributed by atoms with Gasteiger partial charge in [-0.1, -0.05) is 31.1 Å². The van der Waals surface area contributed by atoms with E-state index in [1.165, 1.54) is 24.0 Å². The number of carbonyl (C=O) groups excluding carboxylic acids is 1. The lowest BCUT2D eigenvalue weighted by atomic mass is 9.90. The highest BCUT2D eigenvalue weighted by atomic mass is 16.5. The summed E-state index contributed by atoms with van der Waals surface area (Å²) in [6.45, 7) is 4.56. The van der Waals surface area contributed by atoms with Crippen LogP contribution in [0.5, 0.6) is 0 Å². The van der Waals surface area contributed by atoms with Crippen LogP contribution in [-0.4, -0.2) is 34.7 Å². The fourth-order valence-electron chi connectivity index (χ4n) is 3.08.